The van der Waals surface area contributed by atoms with Gasteiger partial charge in [-0.3, -0.25) is 0 Å². The van der Waals surface area contributed by atoms with E-state index in [1.54, 1.807) is 0 Å². The maximum atomic E-state index is 11.1. The lowest BCUT2D eigenvalue weighted by molar-refractivity contribution is -0.184. The van der Waals surface area contributed by atoms with Crippen molar-refractivity contribution in [1.29, 1.82) is 0 Å². The highest BCUT2D eigenvalue weighted by atomic mass is 16.8. The first-order valence-electron chi connectivity index (χ1n) is 4.57. The summed E-state index contributed by atoms with van der Waals surface area (Å²) in [7, 11) is 1.35. The quantitative estimate of drug-likeness (QED) is 0.622. The third kappa shape index (κ3) is 2.00. The molecule has 0 N–H and O–H groups in total. The first kappa shape index (κ1) is 10.5. The van der Waals surface area contributed by atoms with Crippen LogP contribution in [0.3, 0.4) is 0 Å². The van der Waals surface area contributed by atoms with Crippen LogP contribution in [0.15, 0.2) is 0 Å². The van der Waals surface area contributed by atoms with Crippen LogP contribution in [0, 0.1) is 0 Å². The molecule has 0 unspecified atom stereocenters. The van der Waals surface area contributed by atoms with Crippen LogP contribution in [0.5, 0.6) is 0 Å². The second kappa shape index (κ2) is 4.07. The molecule has 1 saturated heterocycles. The average molecular weight is 188 g/mol. The maximum absolute atomic E-state index is 11.1. The predicted molar refractivity (Wildman–Crippen MR) is 46.2 cm³/mol. The Hall–Kier alpha value is -0.610. The van der Waals surface area contributed by atoms with Gasteiger partial charge in [0.2, 0.25) is 0 Å². The number of carbonyl (C=O) groups is 1. The zero-order chi connectivity index (χ0) is 9.90. The van der Waals surface area contributed by atoms with E-state index in [1.165, 1.54) is 7.11 Å². The van der Waals surface area contributed by atoms with Gasteiger partial charge in [0.15, 0.2) is 11.9 Å². The van der Waals surface area contributed by atoms with Crippen molar-refractivity contribution < 1.29 is 19.0 Å². The molecular weight excluding hydrogens is 172 g/mol. The van der Waals surface area contributed by atoms with Crippen LogP contribution in [0.25, 0.3) is 0 Å². The van der Waals surface area contributed by atoms with Crippen molar-refractivity contribution in [3.63, 3.8) is 0 Å². The first-order valence-corrected chi connectivity index (χ1v) is 4.57. The number of methoxy groups -OCH3 is 1. The standard InChI is InChI=1S/C9H16O4/c1-4-9(5-2)12-6-7(13-9)8(10)11-3/h7H,4-6H2,1-3H3/t7-/m1/s1. The van der Waals surface area contributed by atoms with Gasteiger partial charge in [-0.15, -0.1) is 0 Å². The van der Waals surface area contributed by atoms with E-state index in [1.807, 2.05) is 13.8 Å². The minimum Gasteiger partial charge on any atom is -0.467 e. The molecule has 1 atom stereocenters. The minimum absolute atomic E-state index is 0.300. The third-order valence-electron chi connectivity index (χ3n) is 2.40. The van der Waals surface area contributed by atoms with Crippen molar-refractivity contribution in [1.82, 2.24) is 0 Å². The SMILES string of the molecule is CCC1(CC)OC[C@H](C(=O)OC)O1. The Balaban J connectivity index is 2.56. The fourth-order valence-corrected chi connectivity index (χ4v) is 1.42. The topological polar surface area (TPSA) is 44.8 Å². The molecule has 1 fully saturated rings. The third-order valence-corrected chi connectivity index (χ3v) is 2.40. The van der Waals surface area contributed by atoms with Gasteiger partial charge in [-0.1, -0.05) is 13.8 Å². The molecule has 1 heterocycles. The maximum Gasteiger partial charge on any atom is 0.337 e. The Bertz CT molecular complexity index is 186. The van der Waals surface area contributed by atoms with Crippen LogP contribution >= 0.6 is 0 Å². The smallest absolute Gasteiger partial charge is 0.337 e. The normalized spacial score (nSPS) is 25.9. The van der Waals surface area contributed by atoms with Gasteiger partial charge >= 0.3 is 5.97 Å². The van der Waals surface area contributed by atoms with E-state index in [0.717, 1.165) is 12.8 Å². The van der Waals surface area contributed by atoms with Gasteiger partial charge in [-0.2, -0.15) is 0 Å². The Kier molecular flexibility index (Phi) is 3.27. The summed E-state index contributed by atoms with van der Waals surface area (Å²) in [6.07, 6.45) is 0.943. The molecule has 0 aromatic rings. The summed E-state index contributed by atoms with van der Waals surface area (Å²) in [5, 5.41) is 0. The van der Waals surface area contributed by atoms with Gasteiger partial charge in [0.1, 0.15) is 0 Å². The van der Waals surface area contributed by atoms with Gasteiger partial charge in [-0.05, 0) is 12.8 Å². The van der Waals surface area contributed by atoms with E-state index in [0.29, 0.717) is 6.61 Å². The highest BCUT2D eigenvalue weighted by molar-refractivity contribution is 5.74. The van der Waals surface area contributed by atoms with Crippen molar-refractivity contribution in [2.45, 2.75) is 38.6 Å². The van der Waals surface area contributed by atoms with Gasteiger partial charge in [0, 0.05) is 0 Å². The summed E-state index contributed by atoms with van der Waals surface area (Å²) < 4.78 is 15.5. The second-order valence-electron chi connectivity index (χ2n) is 3.06. The number of hydrogen-bond acceptors (Lipinski definition) is 4. The molecule has 0 bridgehead atoms. The zero-order valence-electron chi connectivity index (χ0n) is 8.33. The first-order chi connectivity index (χ1) is 6.17. The van der Waals surface area contributed by atoms with Crippen LogP contribution < -0.4 is 0 Å². The van der Waals surface area contributed by atoms with Crippen molar-refractivity contribution in [2.75, 3.05) is 13.7 Å². The lowest BCUT2D eigenvalue weighted by atomic mass is 10.1. The van der Waals surface area contributed by atoms with E-state index < -0.39 is 11.9 Å². The van der Waals surface area contributed by atoms with Crippen LogP contribution in [-0.2, 0) is 19.0 Å². The van der Waals surface area contributed by atoms with Crippen LogP contribution in [0.1, 0.15) is 26.7 Å². The second-order valence-corrected chi connectivity index (χ2v) is 3.06. The fourth-order valence-electron chi connectivity index (χ4n) is 1.42. The molecule has 4 heteroatoms. The minimum atomic E-state index is -0.571. The van der Waals surface area contributed by atoms with E-state index in [4.69, 9.17) is 9.47 Å². The van der Waals surface area contributed by atoms with Crippen LogP contribution in [-0.4, -0.2) is 31.6 Å². The van der Waals surface area contributed by atoms with Crippen molar-refractivity contribution >= 4 is 5.97 Å². The van der Waals surface area contributed by atoms with E-state index in [2.05, 4.69) is 4.74 Å². The van der Waals surface area contributed by atoms with Gasteiger partial charge in [0.05, 0.1) is 13.7 Å². The zero-order valence-corrected chi connectivity index (χ0v) is 8.33. The van der Waals surface area contributed by atoms with E-state index in [9.17, 15) is 4.79 Å². The summed E-state index contributed by atoms with van der Waals surface area (Å²) >= 11 is 0. The number of hydrogen-bond donors (Lipinski definition) is 0. The predicted octanol–water partition coefficient (Wildman–Crippen LogP) is 1.09. The van der Waals surface area contributed by atoms with Crippen molar-refractivity contribution in [3.8, 4) is 0 Å². The largest absolute Gasteiger partial charge is 0.467 e. The van der Waals surface area contributed by atoms with Gasteiger partial charge in [-0.25, -0.2) is 4.79 Å². The molecule has 0 aromatic heterocycles. The summed E-state index contributed by atoms with van der Waals surface area (Å²) in [6.45, 7) is 4.25. The highest BCUT2D eigenvalue weighted by Crippen LogP contribution is 2.30. The monoisotopic (exact) mass is 188 g/mol. The molecule has 0 aromatic carbocycles. The Morgan fingerprint density at radius 3 is 2.54 bits per heavy atom. The summed E-state index contributed by atoms with van der Waals surface area (Å²) in [4.78, 5) is 11.1. The van der Waals surface area contributed by atoms with Gasteiger partial charge in [0.25, 0.3) is 0 Å². The van der Waals surface area contributed by atoms with E-state index >= 15 is 0 Å². The molecule has 1 aliphatic heterocycles. The Labute approximate surface area is 78.2 Å². The highest BCUT2D eigenvalue weighted by Gasteiger charge is 2.42. The molecule has 76 valence electrons. The number of rotatable bonds is 3. The molecular formula is C9H16O4. The lowest BCUT2D eigenvalue weighted by Crippen LogP contribution is -2.31. The summed E-state index contributed by atoms with van der Waals surface area (Å²) in [5.74, 6) is -0.928. The molecule has 0 radical (unpaired) electrons. The molecule has 0 saturated carbocycles. The molecule has 0 spiro atoms. The lowest BCUT2D eigenvalue weighted by Gasteiger charge is -2.24. The van der Waals surface area contributed by atoms with Gasteiger partial charge < -0.3 is 14.2 Å². The summed E-state index contributed by atoms with van der Waals surface area (Å²) in [5.41, 5.74) is 0. The Morgan fingerprint density at radius 1 is 1.54 bits per heavy atom. The average Bonchev–Trinajstić information content (AvgIpc) is 2.61. The molecule has 1 aliphatic rings. The van der Waals surface area contributed by atoms with Crippen molar-refractivity contribution in [3.05, 3.63) is 0 Å². The molecule has 13 heavy (non-hydrogen) atoms. The van der Waals surface area contributed by atoms with Crippen molar-refractivity contribution in [2.24, 2.45) is 0 Å². The number of esters is 1. The number of carbonyl (C=O) groups excluding carboxylic acids is 1. The fraction of sp³-hybridized carbons (Fsp3) is 0.889. The molecule has 1 rings (SSSR count). The molecule has 0 aliphatic carbocycles. The molecule has 4 nitrogen and oxygen atoms in total. The van der Waals surface area contributed by atoms with E-state index in [-0.39, 0.29) is 5.97 Å². The van der Waals surface area contributed by atoms with Crippen LogP contribution in [0.2, 0.25) is 0 Å². The number of ether oxygens (including phenoxy) is 3. The van der Waals surface area contributed by atoms with Crippen LogP contribution in [0.4, 0.5) is 0 Å². The summed E-state index contributed by atoms with van der Waals surface area (Å²) in [6, 6.07) is 0. The molecule has 0 amide bonds. The Morgan fingerprint density at radius 2 is 2.15 bits per heavy atom.